The van der Waals surface area contributed by atoms with E-state index in [4.69, 9.17) is 16.3 Å². The number of H-pyrrole nitrogens is 1. The first kappa shape index (κ1) is 14.3. The Hall–Kier alpha value is -2.14. The van der Waals surface area contributed by atoms with Crippen molar-refractivity contribution in [2.45, 2.75) is 13.3 Å². The van der Waals surface area contributed by atoms with Crippen LogP contribution < -0.4 is 5.43 Å². The molecule has 0 aliphatic rings. The fraction of sp³-hybridized carbons (Fsp3) is 0.214. The van der Waals surface area contributed by atoms with E-state index in [1.54, 1.807) is 31.2 Å². The van der Waals surface area contributed by atoms with Gasteiger partial charge in [0.2, 0.25) is 5.43 Å². The molecule has 0 fully saturated rings. The van der Waals surface area contributed by atoms with E-state index in [1.807, 2.05) is 0 Å². The third-order valence-corrected chi connectivity index (χ3v) is 2.90. The summed E-state index contributed by atoms with van der Waals surface area (Å²) in [5.74, 6) is -0.468. The van der Waals surface area contributed by atoms with Crippen molar-refractivity contribution in [1.29, 1.82) is 0 Å². The highest BCUT2D eigenvalue weighted by Crippen LogP contribution is 2.17. The van der Waals surface area contributed by atoms with E-state index in [2.05, 4.69) is 10.2 Å². The number of hydrogen-bond acceptors (Lipinski definition) is 4. The number of aromatic amines is 1. The van der Waals surface area contributed by atoms with Crippen molar-refractivity contribution >= 4 is 17.6 Å². The molecule has 6 heteroatoms. The zero-order valence-corrected chi connectivity index (χ0v) is 11.6. The summed E-state index contributed by atoms with van der Waals surface area (Å²) in [6.45, 7) is 1.98. The minimum Gasteiger partial charge on any atom is -0.466 e. The van der Waals surface area contributed by atoms with Gasteiger partial charge in [-0.3, -0.25) is 14.7 Å². The standard InChI is InChI=1S/C14H13ClN2O3/c1-2-20-14(19)8-12-13(18)7-11(16-17-12)9-3-5-10(15)6-4-9/h3-7H,2,8H2,1H3,(H,16,18). The molecule has 2 aromatic rings. The van der Waals surface area contributed by atoms with Gasteiger partial charge in [0, 0.05) is 11.1 Å². The summed E-state index contributed by atoms with van der Waals surface area (Å²) in [6, 6.07) is 8.41. The minimum absolute atomic E-state index is 0.135. The molecule has 5 nitrogen and oxygen atoms in total. The summed E-state index contributed by atoms with van der Waals surface area (Å²) in [5.41, 5.74) is 1.20. The van der Waals surface area contributed by atoms with Crippen LogP contribution in [0.3, 0.4) is 0 Å². The molecule has 104 valence electrons. The number of hydrogen-bond donors (Lipinski definition) is 1. The number of nitrogens with one attached hydrogen (secondary N) is 1. The minimum atomic E-state index is -0.468. The van der Waals surface area contributed by atoms with Crippen molar-refractivity contribution in [2.75, 3.05) is 6.61 Å². The van der Waals surface area contributed by atoms with Gasteiger partial charge in [-0.25, -0.2) is 0 Å². The van der Waals surface area contributed by atoms with Crippen molar-refractivity contribution in [1.82, 2.24) is 10.2 Å². The Morgan fingerprint density at radius 1 is 1.35 bits per heavy atom. The molecule has 1 N–H and O–H groups in total. The van der Waals surface area contributed by atoms with Crippen LogP contribution in [0.1, 0.15) is 12.6 Å². The smallest absolute Gasteiger partial charge is 0.312 e. The highest BCUT2D eigenvalue weighted by atomic mass is 35.5. The molecule has 0 radical (unpaired) electrons. The van der Waals surface area contributed by atoms with E-state index in [-0.39, 0.29) is 24.2 Å². The summed E-state index contributed by atoms with van der Waals surface area (Å²) in [6.07, 6.45) is -0.135. The second-order valence-electron chi connectivity index (χ2n) is 4.08. The highest BCUT2D eigenvalue weighted by Gasteiger charge is 2.10. The third kappa shape index (κ3) is 3.45. The van der Waals surface area contributed by atoms with Crippen molar-refractivity contribution in [3.63, 3.8) is 0 Å². The summed E-state index contributed by atoms with van der Waals surface area (Å²) in [4.78, 5) is 23.2. The fourth-order valence-corrected chi connectivity index (χ4v) is 1.81. The summed E-state index contributed by atoms with van der Waals surface area (Å²) in [5, 5.41) is 7.30. The molecule has 0 unspecified atom stereocenters. The number of esters is 1. The molecular formula is C14H13ClN2O3. The number of halogens is 1. The topological polar surface area (TPSA) is 72.0 Å². The normalized spacial score (nSPS) is 10.3. The summed E-state index contributed by atoms with van der Waals surface area (Å²) in [7, 11) is 0. The number of rotatable bonds is 4. The second-order valence-corrected chi connectivity index (χ2v) is 4.52. The molecular weight excluding hydrogens is 280 g/mol. The average molecular weight is 293 g/mol. The average Bonchev–Trinajstić information content (AvgIpc) is 2.42. The molecule has 2 rings (SSSR count). The molecule has 20 heavy (non-hydrogen) atoms. The predicted octanol–water partition coefficient (Wildman–Crippen LogP) is 2.20. The Morgan fingerprint density at radius 3 is 2.65 bits per heavy atom. The molecule has 0 spiro atoms. The summed E-state index contributed by atoms with van der Waals surface area (Å²) >= 11 is 5.80. The van der Waals surface area contributed by atoms with Gasteiger partial charge in [-0.15, -0.1) is 0 Å². The van der Waals surface area contributed by atoms with Crippen LogP contribution in [0, 0.1) is 0 Å². The number of nitrogens with zero attached hydrogens (tertiary/aromatic N) is 1. The van der Waals surface area contributed by atoms with Gasteiger partial charge in [0.05, 0.1) is 18.7 Å². The molecule has 0 atom stereocenters. The molecule has 0 saturated carbocycles. The third-order valence-electron chi connectivity index (χ3n) is 2.64. The monoisotopic (exact) mass is 292 g/mol. The highest BCUT2D eigenvalue weighted by molar-refractivity contribution is 6.30. The lowest BCUT2D eigenvalue weighted by Crippen LogP contribution is -2.18. The first-order valence-corrected chi connectivity index (χ1v) is 6.48. The van der Waals surface area contributed by atoms with Crippen molar-refractivity contribution in [3.05, 3.63) is 51.3 Å². The Morgan fingerprint density at radius 2 is 2.05 bits per heavy atom. The largest absolute Gasteiger partial charge is 0.466 e. The van der Waals surface area contributed by atoms with Crippen LogP contribution in [0.25, 0.3) is 11.3 Å². The van der Waals surface area contributed by atoms with E-state index >= 15 is 0 Å². The number of ether oxygens (including phenoxy) is 1. The van der Waals surface area contributed by atoms with Crippen LogP contribution in [0.5, 0.6) is 0 Å². The molecule has 1 aromatic carbocycles. The fourth-order valence-electron chi connectivity index (χ4n) is 1.68. The molecule has 0 aliphatic heterocycles. The van der Waals surface area contributed by atoms with Gasteiger partial charge in [-0.2, -0.15) is 5.10 Å². The first-order chi connectivity index (χ1) is 9.60. The SMILES string of the molecule is CCOC(=O)Cc1n[nH]c(-c2ccc(Cl)cc2)cc1=O. The van der Waals surface area contributed by atoms with Gasteiger partial charge in [0.1, 0.15) is 5.69 Å². The van der Waals surface area contributed by atoms with E-state index < -0.39 is 5.97 Å². The van der Waals surface area contributed by atoms with Crippen LogP contribution in [0.2, 0.25) is 5.02 Å². The number of aromatic nitrogens is 2. The molecule has 0 bridgehead atoms. The Bertz CT molecular complexity index is 665. The maximum absolute atomic E-state index is 11.9. The molecule has 0 saturated heterocycles. The zero-order valence-electron chi connectivity index (χ0n) is 10.9. The van der Waals surface area contributed by atoms with Crippen LogP contribution in [-0.4, -0.2) is 22.8 Å². The van der Waals surface area contributed by atoms with Gasteiger partial charge in [0.25, 0.3) is 0 Å². The van der Waals surface area contributed by atoms with Crippen molar-refractivity contribution < 1.29 is 9.53 Å². The first-order valence-electron chi connectivity index (χ1n) is 6.10. The van der Waals surface area contributed by atoms with Crippen molar-refractivity contribution in [2.24, 2.45) is 0 Å². The number of carbonyl (C=O) groups is 1. The lowest BCUT2D eigenvalue weighted by molar-refractivity contribution is -0.142. The maximum atomic E-state index is 11.9. The zero-order chi connectivity index (χ0) is 14.5. The van der Waals surface area contributed by atoms with Gasteiger partial charge >= 0.3 is 5.97 Å². The van der Waals surface area contributed by atoms with E-state index in [1.165, 1.54) is 6.07 Å². The lowest BCUT2D eigenvalue weighted by Gasteiger charge is -2.04. The number of benzene rings is 1. The van der Waals surface area contributed by atoms with Crippen LogP contribution in [-0.2, 0) is 16.0 Å². The van der Waals surface area contributed by atoms with Gasteiger partial charge in [0.15, 0.2) is 0 Å². The molecule has 0 amide bonds. The molecule has 1 heterocycles. The predicted molar refractivity (Wildman–Crippen MR) is 75.6 cm³/mol. The lowest BCUT2D eigenvalue weighted by atomic mass is 10.1. The quantitative estimate of drug-likeness (QED) is 0.877. The van der Waals surface area contributed by atoms with E-state index in [0.29, 0.717) is 10.7 Å². The van der Waals surface area contributed by atoms with Crippen molar-refractivity contribution in [3.8, 4) is 11.3 Å². The van der Waals surface area contributed by atoms with Gasteiger partial charge < -0.3 is 4.74 Å². The second kappa shape index (κ2) is 6.34. The van der Waals surface area contributed by atoms with Crippen LogP contribution in [0.4, 0.5) is 0 Å². The van der Waals surface area contributed by atoms with E-state index in [9.17, 15) is 9.59 Å². The number of carbonyl (C=O) groups excluding carboxylic acids is 1. The Balaban J connectivity index is 2.23. The van der Waals surface area contributed by atoms with Crippen LogP contribution in [0.15, 0.2) is 35.1 Å². The Labute approximate surface area is 120 Å². The van der Waals surface area contributed by atoms with E-state index in [0.717, 1.165) is 5.56 Å². The Kier molecular flexibility index (Phi) is 4.53. The van der Waals surface area contributed by atoms with Gasteiger partial charge in [-0.05, 0) is 24.6 Å². The molecule has 1 aromatic heterocycles. The van der Waals surface area contributed by atoms with Crippen LogP contribution >= 0.6 is 11.6 Å². The summed E-state index contributed by atoms with van der Waals surface area (Å²) < 4.78 is 4.78. The molecule has 0 aliphatic carbocycles. The maximum Gasteiger partial charge on any atom is 0.312 e. The van der Waals surface area contributed by atoms with Gasteiger partial charge in [-0.1, -0.05) is 23.7 Å².